The van der Waals surface area contributed by atoms with Gasteiger partial charge < -0.3 is 9.42 Å². The lowest BCUT2D eigenvalue weighted by Crippen LogP contribution is -2.25. The third-order valence-corrected chi connectivity index (χ3v) is 5.81. The van der Waals surface area contributed by atoms with Crippen molar-refractivity contribution < 1.29 is 13.3 Å². The first-order valence-electron chi connectivity index (χ1n) is 9.95. The van der Waals surface area contributed by atoms with Crippen LogP contribution >= 0.6 is 34.8 Å². The molecule has 1 atom stereocenters. The number of imidazole rings is 1. The van der Waals surface area contributed by atoms with Crippen molar-refractivity contribution in [1.29, 1.82) is 0 Å². The van der Waals surface area contributed by atoms with Crippen molar-refractivity contribution in [2.24, 2.45) is 0 Å². The molecule has 5 rings (SSSR count). The maximum Gasteiger partial charge on any atom is 0.279 e. The van der Waals surface area contributed by atoms with E-state index in [0.717, 1.165) is 18.6 Å². The van der Waals surface area contributed by atoms with Crippen LogP contribution in [0.15, 0.2) is 41.1 Å². The van der Waals surface area contributed by atoms with Gasteiger partial charge in [-0.15, -0.1) is 5.10 Å². The van der Waals surface area contributed by atoms with E-state index >= 15 is 0 Å². The summed E-state index contributed by atoms with van der Waals surface area (Å²) in [6, 6.07) is 6.84. The molecule has 170 valence electrons. The summed E-state index contributed by atoms with van der Waals surface area (Å²) in [5.41, 5.74) is 1.57. The average molecular weight is 512 g/mol. The lowest BCUT2D eigenvalue weighted by Gasteiger charge is -2.26. The molecular weight excluding hydrogens is 497 g/mol. The molecule has 0 N–H and O–H groups in total. The van der Waals surface area contributed by atoms with E-state index in [9.17, 15) is 8.78 Å². The van der Waals surface area contributed by atoms with Gasteiger partial charge >= 0.3 is 0 Å². The first kappa shape index (κ1) is 22.1. The Balaban J connectivity index is 1.46. The van der Waals surface area contributed by atoms with Gasteiger partial charge in [0.1, 0.15) is 17.5 Å². The highest BCUT2D eigenvalue weighted by Crippen LogP contribution is 2.37. The fourth-order valence-electron chi connectivity index (χ4n) is 3.86. The Morgan fingerprint density at radius 1 is 1.12 bits per heavy atom. The van der Waals surface area contributed by atoms with Crippen LogP contribution in [0, 0.1) is 11.6 Å². The molecule has 0 radical (unpaired) electrons. The zero-order chi connectivity index (χ0) is 23.2. The molecule has 12 heteroatoms. The van der Waals surface area contributed by atoms with Crippen molar-refractivity contribution in [3.05, 3.63) is 71.1 Å². The largest absolute Gasteiger partial charge is 0.348 e. The molecule has 0 amide bonds. The summed E-state index contributed by atoms with van der Waals surface area (Å²) in [5.74, 6) is -0.212. The van der Waals surface area contributed by atoms with Crippen LogP contribution in [0.25, 0.3) is 17.8 Å². The molecule has 0 bridgehead atoms. The van der Waals surface area contributed by atoms with Gasteiger partial charge in [-0.3, -0.25) is 0 Å². The van der Waals surface area contributed by atoms with Crippen LogP contribution in [0.4, 0.5) is 14.6 Å². The molecule has 33 heavy (non-hydrogen) atoms. The summed E-state index contributed by atoms with van der Waals surface area (Å²) in [7, 11) is 0. The van der Waals surface area contributed by atoms with E-state index in [1.54, 1.807) is 22.9 Å². The number of hydrogen-bond donors (Lipinski definition) is 0. The van der Waals surface area contributed by atoms with Crippen LogP contribution in [0.1, 0.15) is 41.9 Å². The lowest BCUT2D eigenvalue weighted by molar-refractivity contribution is 0.381. The Bertz CT molecular complexity index is 1350. The fraction of sp³-hybridized carbons (Fsp3) is 0.238. The number of aromatic nitrogens is 5. The van der Waals surface area contributed by atoms with Crippen LogP contribution in [0.5, 0.6) is 0 Å². The van der Waals surface area contributed by atoms with Gasteiger partial charge in [0, 0.05) is 12.1 Å². The quantitative estimate of drug-likeness (QED) is 0.326. The van der Waals surface area contributed by atoms with Crippen LogP contribution in [0.3, 0.4) is 0 Å². The highest BCUT2D eigenvalue weighted by molar-refractivity contribution is 6.66. The minimum Gasteiger partial charge on any atom is -0.348 e. The maximum absolute atomic E-state index is 14.4. The first-order chi connectivity index (χ1) is 15.8. The molecule has 4 aromatic rings. The number of fused-ring (bicyclic) bond motifs is 1. The van der Waals surface area contributed by atoms with E-state index in [1.165, 1.54) is 6.07 Å². The first-order valence-corrected chi connectivity index (χ1v) is 11.1. The standard InChI is InChI=1S/C21H15Cl3F2N6O/c22-21(23,24)20-28-17(30-33-20)6-4-13-11-27-18-7-8-19(29-32(13)18)31-9-1-2-16(31)14-10-12(25)3-5-15(14)26/h3-8,10-11,16H,1-2,9H2/b6-4+/t16-/m1/s1. The molecule has 4 heterocycles. The second-order valence-electron chi connectivity index (χ2n) is 7.45. The Morgan fingerprint density at radius 2 is 1.97 bits per heavy atom. The number of anilines is 1. The van der Waals surface area contributed by atoms with Gasteiger partial charge in [0.15, 0.2) is 11.5 Å². The van der Waals surface area contributed by atoms with E-state index in [4.69, 9.17) is 39.3 Å². The smallest absolute Gasteiger partial charge is 0.279 e. The molecule has 0 unspecified atom stereocenters. The lowest BCUT2D eigenvalue weighted by atomic mass is 10.0. The number of alkyl halides is 3. The molecule has 1 saturated heterocycles. The van der Waals surface area contributed by atoms with Gasteiger partial charge in [0.2, 0.25) is 0 Å². The van der Waals surface area contributed by atoms with Crippen LogP contribution in [0.2, 0.25) is 0 Å². The Kier molecular flexibility index (Phi) is 5.72. The van der Waals surface area contributed by atoms with Gasteiger partial charge in [0.05, 0.1) is 17.9 Å². The molecule has 7 nitrogen and oxygen atoms in total. The molecule has 0 saturated carbocycles. The van der Waals surface area contributed by atoms with Crippen molar-refractivity contribution in [3.63, 3.8) is 0 Å². The summed E-state index contributed by atoms with van der Waals surface area (Å²) in [6.45, 7) is 0.668. The minimum atomic E-state index is -1.81. The fourth-order valence-corrected chi connectivity index (χ4v) is 4.09. The van der Waals surface area contributed by atoms with Gasteiger partial charge in [-0.2, -0.15) is 4.98 Å². The van der Waals surface area contributed by atoms with Crippen molar-refractivity contribution >= 4 is 58.4 Å². The molecule has 1 aromatic carbocycles. The van der Waals surface area contributed by atoms with Crippen molar-refractivity contribution in [2.45, 2.75) is 22.7 Å². The number of nitrogens with zero attached hydrogens (tertiary/aromatic N) is 6. The number of hydrogen-bond acceptors (Lipinski definition) is 6. The second-order valence-corrected chi connectivity index (χ2v) is 9.73. The van der Waals surface area contributed by atoms with Gasteiger partial charge in [-0.05, 0) is 55.3 Å². The number of rotatable bonds is 4. The van der Waals surface area contributed by atoms with Crippen LogP contribution in [-0.2, 0) is 3.79 Å². The van der Waals surface area contributed by atoms with Crippen LogP contribution in [-0.4, -0.2) is 31.3 Å². The molecule has 1 aliphatic rings. The molecule has 1 fully saturated rings. The Hall–Kier alpha value is -2.75. The average Bonchev–Trinajstić information content (AvgIpc) is 3.52. The predicted octanol–water partition coefficient (Wildman–Crippen LogP) is 5.73. The zero-order valence-corrected chi connectivity index (χ0v) is 19.1. The van der Waals surface area contributed by atoms with Crippen molar-refractivity contribution in [2.75, 3.05) is 11.4 Å². The van der Waals surface area contributed by atoms with E-state index in [2.05, 4.69) is 20.2 Å². The summed E-state index contributed by atoms with van der Waals surface area (Å²) in [4.78, 5) is 10.3. The van der Waals surface area contributed by atoms with Gasteiger partial charge in [0.25, 0.3) is 9.68 Å². The monoisotopic (exact) mass is 510 g/mol. The Morgan fingerprint density at radius 3 is 2.76 bits per heavy atom. The predicted molar refractivity (Wildman–Crippen MR) is 121 cm³/mol. The summed E-state index contributed by atoms with van der Waals surface area (Å²) in [5, 5.41) is 8.44. The third-order valence-electron chi connectivity index (χ3n) is 5.33. The van der Waals surface area contributed by atoms with Crippen molar-refractivity contribution in [3.8, 4) is 0 Å². The molecule has 0 spiro atoms. The summed E-state index contributed by atoms with van der Waals surface area (Å²) < 4.78 is 33.0. The Labute approximate surface area is 201 Å². The number of benzene rings is 1. The highest BCUT2D eigenvalue weighted by Gasteiger charge is 2.31. The number of halogens is 5. The molecule has 1 aliphatic heterocycles. The van der Waals surface area contributed by atoms with Gasteiger partial charge in [-0.1, -0.05) is 40.0 Å². The minimum absolute atomic E-state index is 0.143. The molecule has 0 aliphatic carbocycles. The normalized spacial score (nSPS) is 17.0. The van der Waals surface area contributed by atoms with E-state index in [-0.39, 0.29) is 17.8 Å². The molecular formula is C21H15Cl3F2N6O. The summed E-state index contributed by atoms with van der Waals surface area (Å²) >= 11 is 17.2. The van der Waals surface area contributed by atoms with E-state index in [1.807, 2.05) is 17.0 Å². The second kappa shape index (κ2) is 8.55. The highest BCUT2D eigenvalue weighted by atomic mass is 35.6. The van der Waals surface area contributed by atoms with Crippen molar-refractivity contribution in [1.82, 2.24) is 24.7 Å². The van der Waals surface area contributed by atoms with Gasteiger partial charge in [-0.25, -0.2) is 18.3 Å². The maximum atomic E-state index is 14.4. The van der Waals surface area contributed by atoms with E-state index in [0.29, 0.717) is 35.7 Å². The summed E-state index contributed by atoms with van der Waals surface area (Å²) in [6.07, 6.45) is 6.42. The third kappa shape index (κ3) is 4.40. The SMILES string of the molecule is Fc1ccc(F)c([C@H]2CCCN2c2ccc3ncc(/C=C/c4noc(C(Cl)(Cl)Cl)n4)n3n2)c1. The van der Waals surface area contributed by atoms with E-state index < -0.39 is 15.4 Å². The molecule has 3 aromatic heterocycles. The zero-order valence-electron chi connectivity index (χ0n) is 16.8. The topological polar surface area (TPSA) is 72.4 Å². The van der Waals surface area contributed by atoms with Crippen LogP contribution < -0.4 is 4.90 Å².